The number of hydrogen-bond donors (Lipinski definition) is 1. The maximum absolute atomic E-state index is 7.00. The topological polar surface area (TPSA) is 59.6 Å². The third-order valence-electron chi connectivity index (χ3n) is 14.9. The molecule has 0 aliphatic carbocycles. The van der Waals surface area contributed by atoms with Gasteiger partial charge in [-0.15, -0.1) is 0 Å². The molecule has 0 spiro atoms. The summed E-state index contributed by atoms with van der Waals surface area (Å²) < 4.78 is 22.9. The Labute approximate surface area is 412 Å². The summed E-state index contributed by atoms with van der Waals surface area (Å²) in [6.07, 6.45) is 0. The molecule has 0 atom stereocenters. The van der Waals surface area contributed by atoms with Crippen molar-refractivity contribution in [3.05, 3.63) is 193 Å². The summed E-state index contributed by atoms with van der Waals surface area (Å²) in [6, 6.07) is 65.4. The van der Waals surface area contributed by atoms with Crippen LogP contribution in [0.3, 0.4) is 0 Å². The molecule has 71 heavy (non-hydrogen) atoms. The van der Waals surface area contributed by atoms with Crippen molar-refractivity contribution in [3.8, 4) is 16.8 Å². The van der Waals surface area contributed by atoms with Crippen LogP contribution in [0.4, 0.5) is 28.4 Å². The molecule has 0 bridgehead atoms. The van der Waals surface area contributed by atoms with Gasteiger partial charge in [0.05, 0.1) is 22.6 Å². The number of nitrogens with zero attached hydrogens (tertiary/aromatic N) is 2. The average Bonchev–Trinajstić information content (AvgIpc) is 4.12. The number of fused-ring (bicyclic) bond motifs is 13. The first-order valence-electron chi connectivity index (χ1n) is 24.7. The van der Waals surface area contributed by atoms with E-state index in [4.69, 9.17) is 13.3 Å². The van der Waals surface area contributed by atoms with Crippen LogP contribution < -0.4 is 21.3 Å². The van der Waals surface area contributed by atoms with Crippen molar-refractivity contribution in [2.24, 2.45) is 0 Å². The lowest BCUT2D eigenvalue weighted by atomic mass is 9.62. The van der Waals surface area contributed by atoms with Crippen LogP contribution in [0.1, 0.15) is 52.7 Å². The highest BCUT2D eigenvalue weighted by Gasteiger charge is 2.32. The number of nitrogens with one attached hydrogen (secondary N) is 1. The number of rotatable bonds is 6. The van der Waals surface area contributed by atoms with Crippen molar-refractivity contribution >= 4 is 123 Å². The highest BCUT2D eigenvalue weighted by molar-refractivity contribution is 6.73. The van der Waals surface area contributed by atoms with E-state index in [1.165, 1.54) is 32.9 Å². The summed E-state index contributed by atoms with van der Waals surface area (Å²) >= 11 is 0. The Balaban J connectivity index is 1.04. The van der Waals surface area contributed by atoms with Crippen LogP contribution >= 0.6 is 0 Å². The zero-order valence-electron chi connectivity index (χ0n) is 40.6. The van der Waals surface area contributed by atoms with E-state index < -0.39 is 0 Å². The number of benzene rings is 9. The van der Waals surface area contributed by atoms with Gasteiger partial charge >= 0.3 is 0 Å². The monoisotopic (exact) mass is 919 g/mol. The molecular formula is C64H50BN3O3. The maximum Gasteiger partial charge on any atom is 0.244 e. The average molecular weight is 920 g/mol. The standard InChI is InChI=1S/C64H50BN3O3/c1-63(2,3)37-21-24-39(25-22-37)66-52-35-57-50(48-32-42(26-30-55(48)70-57)67(40-15-9-7-10-16-40)41-17-11-8-12-18-41)33-46(52)44-27-28-45-47-34-49-43-19-13-14-20-54(43)69-58(49)36-53(47)68-60(45)59(44)65-62-61(68)51-31-38(64(4,5)6)23-29-56(51)71-62/h7-36,65-66H,1-6H3. The summed E-state index contributed by atoms with van der Waals surface area (Å²) in [5.41, 5.74) is 19.8. The molecule has 14 rings (SSSR count). The normalized spacial score (nSPS) is 12.8. The number of hydrogen-bond acceptors (Lipinski definition) is 5. The van der Waals surface area contributed by atoms with E-state index in [2.05, 4.69) is 232 Å². The van der Waals surface area contributed by atoms with Crippen LogP contribution in [0.2, 0.25) is 0 Å². The quantitative estimate of drug-likeness (QED) is 0.168. The van der Waals surface area contributed by atoms with E-state index in [-0.39, 0.29) is 10.8 Å². The predicted molar refractivity (Wildman–Crippen MR) is 299 cm³/mol. The van der Waals surface area contributed by atoms with Crippen LogP contribution in [0, 0.1) is 0 Å². The lowest BCUT2D eigenvalue weighted by molar-refractivity contribution is 0.590. The van der Waals surface area contributed by atoms with Gasteiger partial charge in [-0.1, -0.05) is 126 Å². The molecule has 342 valence electrons. The molecule has 1 aliphatic heterocycles. The molecule has 1 N–H and O–H groups in total. The first-order chi connectivity index (χ1) is 34.4. The molecule has 0 amide bonds. The fourth-order valence-corrected chi connectivity index (χ4v) is 11.3. The maximum atomic E-state index is 7.00. The summed E-state index contributed by atoms with van der Waals surface area (Å²) in [7, 11) is 0.619. The minimum absolute atomic E-state index is 0.0301. The van der Waals surface area contributed by atoms with Gasteiger partial charge in [0.1, 0.15) is 27.9 Å². The van der Waals surface area contributed by atoms with Gasteiger partial charge in [0.15, 0.2) is 0 Å². The molecule has 0 radical (unpaired) electrons. The Kier molecular flexibility index (Phi) is 8.80. The van der Waals surface area contributed by atoms with Gasteiger partial charge in [0, 0.05) is 83.7 Å². The molecular weight excluding hydrogens is 870 g/mol. The van der Waals surface area contributed by atoms with Crippen molar-refractivity contribution in [3.63, 3.8) is 0 Å². The third-order valence-corrected chi connectivity index (χ3v) is 14.9. The van der Waals surface area contributed by atoms with Crippen LogP contribution in [0.5, 0.6) is 0 Å². The zero-order chi connectivity index (χ0) is 47.9. The number of para-hydroxylation sites is 3. The fraction of sp³-hybridized carbons (Fsp3) is 0.125. The van der Waals surface area contributed by atoms with E-state index in [9.17, 15) is 0 Å². The van der Waals surface area contributed by atoms with Crippen molar-refractivity contribution < 1.29 is 13.3 Å². The van der Waals surface area contributed by atoms with Crippen LogP contribution in [-0.2, 0) is 10.8 Å². The number of anilines is 5. The van der Waals surface area contributed by atoms with Gasteiger partial charge in [-0.2, -0.15) is 0 Å². The lowest BCUT2D eigenvalue weighted by Crippen LogP contribution is -2.36. The Bertz CT molecular complexity index is 4260. The van der Waals surface area contributed by atoms with Crippen molar-refractivity contribution in [1.82, 2.24) is 4.57 Å². The zero-order valence-corrected chi connectivity index (χ0v) is 40.6. The third kappa shape index (κ3) is 6.49. The van der Waals surface area contributed by atoms with Crippen molar-refractivity contribution in [2.75, 3.05) is 10.2 Å². The number of aromatic nitrogens is 1. The van der Waals surface area contributed by atoms with Gasteiger partial charge in [0.2, 0.25) is 7.28 Å². The van der Waals surface area contributed by atoms with Crippen molar-refractivity contribution in [1.29, 1.82) is 0 Å². The molecule has 0 saturated carbocycles. The van der Waals surface area contributed by atoms with Crippen LogP contribution in [0.25, 0.3) is 93.5 Å². The SMILES string of the molecule is CC(C)(C)c1ccc(Nc2cc3oc4ccc(N(c5ccccc5)c5ccccc5)cc4c3cc2-c2ccc3c4cc5c(cc4n4c3c2Bc2oc3ccc(C(C)(C)C)cc3c2-4)oc2ccccc25)cc1. The summed E-state index contributed by atoms with van der Waals surface area (Å²) in [6.45, 7) is 13.6. The Hall–Kier alpha value is -8.42. The van der Waals surface area contributed by atoms with E-state index in [0.717, 1.165) is 111 Å². The molecule has 0 fully saturated rings. The molecule has 13 aromatic rings. The second-order valence-electron chi connectivity index (χ2n) is 21.4. The molecule has 0 saturated heterocycles. The van der Waals surface area contributed by atoms with Gasteiger partial charge in [-0.05, 0) is 118 Å². The Morgan fingerprint density at radius 3 is 1.79 bits per heavy atom. The molecule has 9 aromatic carbocycles. The fourth-order valence-electron chi connectivity index (χ4n) is 11.3. The van der Waals surface area contributed by atoms with Gasteiger partial charge in [0.25, 0.3) is 0 Å². The number of furan rings is 3. The first kappa shape index (κ1) is 41.5. The molecule has 0 unspecified atom stereocenters. The van der Waals surface area contributed by atoms with Gasteiger partial charge < -0.3 is 28.0 Å². The molecule has 6 nitrogen and oxygen atoms in total. The smallest absolute Gasteiger partial charge is 0.244 e. The highest BCUT2D eigenvalue weighted by Crippen LogP contribution is 2.46. The molecule has 1 aliphatic rings. The summed E-state index contributed by atoms with van der Waals surface area (Å²) in [5, 5.41) is 11.7. The minimum Gasteiger partial charge on any atom is -0.469 e. The van der Waals surface area contributed by atoms with E-state index >= 15 is 0 Å². The molecule has 7 heteroatoms. The van der Waals surface area contributed by atoms with E-state index in [1.54, 1.807) is 0 Å². The van der Waals surface area contributed by atoms with Crippen LogP contribution in [0.15, 0.2) is 195 Å². The summed E-state index contributed by atoms with van der Waals surface area (Å²) in [4.78, 5) is 2.31. The predicted octanol–water partition coefficient (Wildman–Crippen LogP) is 16.5. The second-order valence-corrected chi connectivity index (χ2v) is 21.4. The van der Waals surface area contributed by atoms with E-state index in [1.807, 2.05) is 6.07 Å². The van der Waals surface area contributed by atoms with E-state index in [0.29, 0.717) is 7.28 Å². The Morgan fingerprint density at radius 1 is 0.437 bits per heavy atom. The first-order valence-corrected chi connectivity index (χ1v) is 24.7. The molecule has 4 aromatic heterocycles. The highest BCUT2D eigenvalue weighted by atomic mass is 16.3. The largest absolute Gasteiger partial charge is 0.469 e. The van der Waals surface area contributed by atoms with Crippen molar-refractivity contribution in [2.45, 2.75) is 52.4 Å². The minimum atomic E-state index is -0.0406. The van der Waals surface area contributed by atoms with Crippen LogP contribution in [-0.4, -0.2) is 11.8 Å². The summed E-state index contributed by atoms with van der Waals surface area (Å²) in [5.74, 6) is 0. The molecule has 5 heterocycles. The second kappa shape index (κ2) is 15.0. The van der Waals surface area contributed by atoms with Gasteiger partial charge in [-0.25, -0.2) is 0 Å². The van der Waals surface area contributed by atoms with Gasteiger partial charge in [-0.3, -0.25) is 0 Å². The lowest BCUT2D eigenvalue weighted by Gasteiger charge is -2.25. The Morgan fingerprint density at radius 2 is 1.06 bits per heavy atom.